The quantitative estimate of drug-likeness (QED) is 0.832. The molecule has 0 atom stereocenters. The summed E-state index contributed by atoms with van der Waals surface area (Å²) in [5, 5.41) is 11.9. The Morgan fingerprint density at radius 3 is 2.20 bits per heavy atom. The van der Waals surface area contributed by atoms with Crippen LogP contribution in [-0.4, -0.2) is 31.7 Å². The van der Waals surface area contributed by atoms with Crippen LogP contribution in [0.3, 0.4) is 0 Å². The molecule has 1 amide bonds. The number of anilines is 1. The van der Waals surface area contributed by atoms with Gasteiger partial charge in [-0.1, -0.05) is 13.8 Å². The number of hydrogen-bond acceptors (Lipinski definition) is 4. The zero-order valence-corrected chi connectivity index (χ0v) is 15.6. The molecule has 6 nitrogen and oxygen atoms in total. The highest BCUT2D eigenvalue weighted by Gasteiger charge is 2.28. The van der Waals surface area contributed by atoms with E-state index < -0.39 is 15.8 Å². The van der Waals surface area contributed by atoms with E-state index in [2.05, 4.69) is 19.2 Å². The number of amides is 1. The second-order valence-corrected chi connectivity index (χ2v) is 9.18. The molecule has 1 aliphatic rings. The number of aromatic carboxylic acids is 1. The fourth-order valence-corrected chi connectivity index (χ4v) is 3.98. The number of benzene rings is 1. The molecule has 0 aromatic heterocycles. The predicted molar refractivity (Wildman–Crippen MR) is 95.4 cm³/mol. The van der Waals surface area contributed by atoms with Crippen LogP contribution in [-0.2, 0) is 14.6 Å². The van der Waals surface area contributed by atoms with Gasteiger partial charge in [0.1, 0.15) is 0 Å². The van der Waals surface area contributed by atoms with Gasteiger partial charge in [0.25, 0.3) is 0 Å². The van der Waals surface area contributed by atoms with Crippen LogP contribution in [0, 0.1) is 17.8 Å². The smallest absolute Gasteiger partial charge is 0.335 e. The fraction of sp³-hybridized carbons (Fsp3) is 0.556. The molecule has 1 aromatic rings. The van der Waals surface area contributed by atoms with Crippen molar-refractivity contribution in [2.24, 2.45) is 17.8 Å². The van der Waals surface area contributed by atoms with Crippen molar-refractivity contribution >= 4 is 27.4 Å². The van der Waals surface area contributed by atoms with Crippen molar-refractivity contribution in [1.82, 2.24) is 0 Å². The molecule has 138 valence electrons. The third-order valence-electron chi connectivity index (χ3n) is 4.93. The van der Waals surface area contributed by atoms with Crippen LogP contribution in [0.4, 0.5) is 5.69 Å². The summed E-state index contributed by atoms with van der Waals surface area (Å²) >= 11 is 0. The molecule has 1 saturated carbocycles. The van der Waals surface area contributed by atoms with Crippen LogP contribution < -0.4 is 5.32 Å². The Hall–Kier alpha value is -1.89. The summed E-state index contributed by atoms with van der Waals surface area (Å²) in [5.74, 6) is -0.294. The van der Waals surface area contributed by atoms with E-state index in [4.69, 9.17) is 5.11 Å². The van der Waals surface area contributed by atoms with Crippen molar-refractivity contribution in [3.8, 4) is 0 Å². The summed E-state index contributed by atoms with van der Waals surface area (Å²) < 4.78 is 23.5. The number of carboxylic acid groups (broad SMARTS) is 1. The normalized spacial score (nSPS) is 21.1. The first-order valence-corrected chi connectivity index (χ1v) is 10.4. The Morgan fingerprint density at radius 1 is 1.12 bits per heavy atom. The minimum atomic E-state index is -3.57. The van der Waals surface area contributed by atoms with E-state index in [0.29, 0.717) is 11.8 Å². The van der Waals surface area contributed by atoms with Gasteiger partial charge in [-0.15, -0.1) is 0 Å². The number of carbonyl (C=O) groups excluding carboxylic acids is 1. The van der Waals surface area contributed by atoms with Gasteiger partial charge in [-0.25, -0.2) is 13.2 Å². The highest BCUT2D eigenvalue weighted by Crippen LogP contribution is 2.34. The molecular formula is C18H25NO5S. The van der Waals surface area contributed by atoms with E-state index in [9.17, 15) is 18.0 Å². The molecule has 0 bridgehead atoms. The van der Waals surface area contributed by atoms with Crippen molar-refractivity contribution in [2.45, 2.75) is 44.4 Å². The van der Waals surface area contributed by atoms with Crippen LogP contribution in [0.25, 0.3) is 0 Å². The maximum Gasteiger partial charge on any atom is 0.335 e. The number of carbonyl (C=O) groups is 2. The van der Waals surface area contributed by atoms with Gasteiger partial charge in [0, 0.05) is 17.9 Å². The van der Waals surface area contributed by atoms with Gasteiger partial charge in [-0.2, -0.15) is 0 Å². The molecule has 0 unspecified atom stereocenters. The monoisotopic (exact) mass is 367 g/mol. The van der Waals surface area contributed by atoms with Gasteiger partial charge >= 0.3 is 5.97 Å². The predicted octanol–water partition coefficient (Wildman–Crippen LogP) is 3.19. The van der Waals surface area contributed by atoms with Gasteiger partial charge in [0.2, 0.25) is 5.91 Å². The van der Waals surface area contributed by atoms with E-state index in [-0.39, 0.29) is 28.0 Å². The van der Waals surface area contributed by atoms with E-state index in [0.717, 1.165) is 38.0 Å². The number of hydrogen-bond donors (Lipinski definition) is 2. The Bertz CT molecular complexity index is 762. The third kappa shape index (κ3) is 5.04. The van der Waals surface area contributed by atoms with Crippen LogP contribution in [0.15, 0.2) is 23.1 Å². The van der Waals surface area contributed by atoms with E-state index >= 15 is 0 Å². The van der Waals surface area contributed by atoms with Gasteiger partial charge in [0.05, 0.1) is 10.5 Å². The second-order valence-electron chi connectivity index (χ2n) is 7.17. The van der Waals surface area contributed by atoms with Gasteiger partial charge in [0.15, 0.2) is 9.84 Å². The van der Waals surface area contributed by atoms with E-state index in [1.54, 1.807) is 0 Å². The maximum atomic E-state index is 12.5. The van der Waals surface area contributed by atoms with Crippen molar-refractivity contribution < 1.29 is 23.1 Å². The average molecular weight is 367 g/mol. The number of sulfone groups is 1. The molecule has 25 heavy (non-hydrogen) atoms. The Morgan fingerprint density at radius 2 is 1.72 bits per heavy atom. The Balaban J connectivity index is 2.15. The molecule has 0 spiro atoms. The molecule has 2 rings (SSSR count). The summed E-state index contributed by atoms with van der Waals surface area (Å²) in [6, 6.07) is 3.69. The van der Waals surface area contributed by atoms with Crippen molar-refractivity contribution in [3.05, 3.63) is 23.8 Å². The summed E-state index contributed by atoms with van der Waals surface area (Å²) in [7, 11) is -3.57. The topological polar surface area (TPSA) is 101 Å². The molecule has 1 aliphatic carbocycles. The lowest BCUT2D eigenvalue weighted by Gasteiger charge is -2.30. The van der Waals surface area contributed by atoms with Crippen LogP contribution >= 0.6 is 0 Å². The van der Waals surface area contributed by atoms with E-state index in [1.807, 2.05) is 0 Å². The number of rotatable bonds is 5. The number of nitrogens with one attached hydrogen (secondary N) is 1. The minimum absolute atomic E-state index is 0.119. The summed E-state index contributed by atoms with van der Waals surface area (Å²) in [5.41, 5.74) is 0.0399. The molecule has 0 heterocycles. The van der Waals surface area contributed by atoms with Crippen molar-refractivity contribution in [3.63, 3.8) is 0 Å². The number of carboxylic acids is 1. The molecular weight excluding hydrogens is 342 g/mol. The molecule has 0 aliphatic heterocycles. The Labute approximate surface area is 148 Å². The first kappa shape index (κ1) is 19.4. The van der Waals surface area contributed by atoms with Crippen molar-refractivity contribution in [1.29, 1.82) is 0 Å². The minimum Gasteiger partial charge on any atom is -0.478 e. The van der Waals surface area contributed by atoms with Gasteiger partial charge in [-0.3, -0.25) is 4.79 Å². The van der Waals surface area contributed by atoms with Gasteiger partial charge in [-0.05, 0) is 55.7 Å². The molecule has 0 radical (unpaired) electrons. The van der Waals surface area contributed by atoms with Gasteiger partial charge < -0.3 is 10.4 Å². The van der Waals surface area contributed by atoms with Crippen LogP contribution in [0.5, 0.6) is 0 Å². The molecule has 2 N–H and O–H groups in total. The largest absolute Gasteiger partial charge is 0.478 e. The highest BCUT2D eigenvalue weighted by atomic mass is 32.2. The first-order chi connectivity index (χ1) is 11.6. The van der Waals surface area contributed by atoms with Crippen LogP contribution in [0.1, 0.15) is 49.9 Å². The SMILES string of the molecule is CC(C)C1CCC(C(=O)Nc2cc(C(=O)O)cc(S(C)(=O)=O)c2)CC1. The molecule has 1 aromatic carbocycles. The second kappa shape index (κ2) is 7.56. The summed E-state index contributed by atoms with van der Waals surface area (Å²) in [4.78, 5) is 23.6. The highest BCUT2D eigenvalue weighted by molar-refractivity contribution is 7.90. The lowest BCUT2D eigenvalue weighted by Crippen LogP contribution is -2.28. The zero-order chi connectivity index (χ0) is 18.8. The van der Waals surface area contributed by atoms with E-state index in [1.165, 1.54) is 12.1 Å². The zero-order valence-electron chi connectivity index (χ0n) is 14.8. The molecule has 7 heteroatoms. The molecule has 0 saturated heterocycles. The lowest BCUT2D eigenvalue weighted by molar-refractivity contribution is -0.121. The van der Waals surface area contributed by atoms with Crippen LogP contribution in [0.2, 0.25) is 0 Å². The standard InChI is InChI=1S/C18H25NO5S/c1-11(2)12-4-6-13(7-5-12)17(20)19-15-8-14(18(21)22)9-16(10-15)25(3,23)24/h8-13H,4-7H2,1-3H3,(H,19,20)(H,21,22). The summed E-state index contributed by atoms with van der Waals surface area (Å²) in [6.45, 7) is 4.38. The lowest BCUT2D eigenvalue weighted by atomic mass is 9.76. The average Bonchev–Trinajstić information content (AvgIpc) is 2.53. The third-order valence-corrected chi connectivity index (χ3v) is 6.03. The maximum absolute atomic E-state index is 12.5. The molecule has 1 fully saturated rings. The first-order valence-electron chi connectivity index (χ1n) is 8.47. The Kier molecular flexibility index (Phi) is 5.87. The van der Waals surface area contributed by atoms with Crippen molar-refractivity contribution in [2.75, 3.05) is 11.6 Å². The fourth-order valence-electron chi connectivity index (χ4n) is 3.30. The summed E-state index contributed by atoms with van der Waals surface area (Å²) in [6.07, 6.45) is 4.60.